The van der Waals surface area contributed by atoms with Crippen molar-refractivity contribution in [2.24, 2.45) is 5.92 Å². The van der Waals surface area contributed by atoms with Crippen LogP contribution in [-0.4, -0.2) is 6.29 Å². The summed E-state index contributed by atoms with van der Waals surface area (Å²) < 4.78 is 0. The Morgan fingerprint density at radius 2 is 2.00 bits per heavy atom. The van der Waals surface area contributed by atoms with E-state index in [1.54, 1.807) is 0 Å². The maximum atomic E-state index is 10.8. The third-order valence-electron chi connectivity index (χ3n) is 3.53. The average molecular weight is 216 g/mol. The highest BCUT2D eigenvalue weighted by Crippen LogP contribution is 2.29. The van der Waals surface area contributed by atoms with Crippen molar-refractivity contribution in [1.29, 1.82) is 0 Å². The molecule has 0 bridgehead atoms. The Hall–Kier alpha value is -1.11. The van der Waals surface area contributed by atoms with Gasteiger partial charge in [-0.2, -0.15) is 0 Å². The summed E-state index contributed by atoms with van der Waals surface area (Å²) in [7, 11) is 0. The molecule has 86 valence electrons. The van der Waals surface area contributed by atoms with Crippen molar-refractivity contribution >= 4 is 6.29 Å². The summed E-state index contributed by atoms with van der Waals surface area (Å²) in [5, 5.41) is 0. The van der Waals surface area contributed by atoms with Gasteiger partial charge in [0.25, 0.3) is 0 Å². The summed E-state index contributed by atoms with van der Waals surface area (Å²) in [5.41, 5.74) is 4.44. The number of hydrogen-bond acceptors (Lipinski definition) is 1. The van der Waals surface area contributed by atoms with Crippen LogP contribution in [0.25, 0.3) is 0 Å². The molecule has 1 nitrogen and oxygen atoms in total. The molecule has 0 amide bonds. The van der Waals surface area contributed by atoms with E-state index in [4.69, 9.17) is 0 Å². The summed E-state index contributed by atoms with van der Waals surface area (Å²) >= 11 is 0. The molecule has 0 radical (unpaired) electrons. The first-order valence-electron chi connectivity index (χ1n) is 6.08. The lowest BCUT2D eigenvalue weighted by Gasteiger charge is -2.25. The molecule has 0 fully saturated rings. The molecular formula is C15H20O. The highest BCUT2D eigenvalue weighted by molar-refractivity contribution is 5.56. The van der Waals surface area contributed by atoms with E-state index in [2.05, 4.69) is 39.0 Å². The molecule has 1 aromatic carbocycles. The first-order chi connectivity index (χ1) is 7.50. The maximum Gasteiger partial charge on any atom is 0.123 e. The second-order valence-corrected chi connectivity index (χ2v) is 5.87. The number of aldehydes is 1. The molecule has 16 heavy (non-hydrogen) atoms. The molecule has 0 aromatic heterocycles. The predicted molar refractivity (Wildman–Crippen MR) is 66.7 cm³/mol. The van der Waals surface area contributed by atoms with Crippen LogP contribution in [0.4, 0.5) is 0 Å². The molecule has 1 aliphatic carbocycles. The highest BCUT2D eigenvalue weighted by atomic mass is 16.1. The van der Waals surface area contributed by atoms with Gasteiger partial charge < -0.3 is 4.79 Å². The Bertz CT molecular complexity index is 398. The van der Waals surface area contributed by atoms with Gasteiger partial charge in [0, 0.05) is 5.92 Å². The van der Waals surface area contributed by atoms with Crippen LogP contribution in [0, 0.1) is 5.92 Å². The number of carbonyl (C=O) groups excluding carboxylic acids is 1. The van der Waals surface area contributed by atoms with Crippen molar-refractivity contribution < 1.29 is 4.79 Å². The second kappa shape index (κ2) is 4.04. The van der Waals surface area contributed by atoms with E-state index in [1.807, 2.05) is 0 Å². The minimum Gasteiger partial charge on any atom is -0.303 e. The van der Waals surface area contributed by atoms with Crippen LogP contribution in [0.2, 0.25) is 0 Å². The number of fused-ring (bicyclic) bond motifs is 1. The molecule has 0 heterocycles. The molecular weight excluding hydrogens is 196 g/mol. The summed E-state index contributed by atoms with van der Waals surface area (Å²) in [6.45, 7) is 6.73. The molecule has 0 saturated carbocycles. The Kier molecular flexibility index (Phi) is 2.88. The van der Waals surface area contributed by atoms with Crippen LogP contribution in [-0.2, 0) is 23.1 Å². The summed E-state index contributed by atoms with van der Waals surface area (Å²) in [6, 6.07) is 6.76. The van der Waals surface area contributed by atoms with Crippen molar-refractivity contribution in [2.75, 3.05) is 0 Å². The van der Waals surface area contributed by atoms with Gasteiger partial charge in [-0.1, -0.05) is 39.0 Å². The lowest BCUT2D eigenvalue weighted by molar-refractivity contribution is -0.111. The zero-order valence-corrected chi connectivity index (χ0v) is 10.4. The van der Waals surface area contributed by atoms with E-state index in [1.165, 1.54) is 16.7 Å². The summed E-state index contributed by atoms with van der Waals surface area (Å²) in [6.07, 6.45) is 4.12. The smallest absolute Gasteiger partial charge is 0.123 e. The molecule has 0 unspecified atom stereocenters. The third-order valence-corrected chi connectivity index (χ3v) is 3.53. The van der Waals surface area contributed by atoms with E-state index < -0.39 is 0 Å². The van der Waals surface area contributed by atoms with Crippen LogP contribution >= 0.6 is 0 Å². The summed E-state index contributed by atoms with van der Waals surface area (Å²) in [5.74, 6) is 0.244. The fourth-order valence-electron chi connectivity index (χ4n) is 2.37. The van der Waals surface area contributed by atoms with Crippen LogP contribution in [0.5, 0.6) is 0 Å². The van der Waals surface area contributed by atoms with Crippen molar-refractivity contribution in [2.45, 2.75) is 45.4 Å². The molecule has 0 spiro atoms. The van der Waals surface area contributed by atoms with Gasteiger partial charge in [0.2, 0.25) is 0 Å². The standard InChI is InChI=1S/C15H20O/c1-15(2,3)14-7-6-12-8-11(10-16)4-5-13(12)9-14/h6-7,9-11H,4-5,8H2,1-3H3/t11-/m1/s1. The van der Waals surface area contributed by atoms with Gasteiger partial charge >= 0.3 is 0 Å². The molecule has 0 N–H and O–H groups in total. The number of rotatable bonds is 1. The lowest BCUT2D eigenvalue weighted by atomic mass is 9.80. The Morgan fingerprint density at radius 3 is 2.62 bits per heavy atom. The third kappa shape index (κ3) is 2.18. The number of hydrogen-bond donors (Lipinski definition) is 0. The van der Waals surface area contributed by atoms with E-state index in [9.17, 15) is 4.79 Å². The average Bonchev–Trinajstić information content (AvgIpc) is 2.26. The van der Waals surface area contributed by atoms with Gasteiger partial charge in [-0.15, -0.1) is 0 Å². The topological polar surface area (TPSA) is 17.1 Å². The van der Waals surface area contributed by atoms with Crippen molar-refractivity contribution in [3.05, 3.63) is 34.9 Å². The summed E-state index contributed by atoms with van der Waals surface area (Å²) in [4.78, 5) is 10.8. The number of carbonyl (C=O) groups is 1. The van der Waals surface area contributed by atoms with Gasteiger partial charge in [-0.3, -0.25) is 0 Å². The van der Waals surface area contributed by atoms with E-state index >= 15 is 0 Å². The fraction of sp³-hybridized carbons (Fsp3) is 0.533. The van der Waals surface area contributed by atoms with Gasteiger partial charge in [-0.25, -0.2) is 0 Å². The van der Waals surface area contributed by atoms with Crippen molar-refractivity contribution in [3.8, 4) is 0 Å². The fourth-order valence-corrected chi connectivity index (χ4v) is 2.37. The quantitative estimate of drug-likeness (QED) is 0.658. The van der Waals surface area contributed by atoms with E-state index in [-0.39, 0.29) is 11.3 Å². The van der Waals surface area contributed by atoms with Gasteiger partial charge in [0.05, 0.1) is 0 Å². The SMILES string of the molecule is CC(C)(C)c1ccc2c(c1)CC[C@@H](C=O)C2. The van der Waals surface area contributed by atoms with E-state index in [0.29, 0.717) is 0 Å². The largest absolute Gasteiger partial charge is 0.303 e. The van der Waals surface area contributed by atoms with Crippen LogP contribution in [0.15, 0.2) is 18.2 Å². The van der Waals surface area contributed by atoms with Crippen LogP contribution in [0.3, 0.4) is 0 Å². The first kappa shape index (κ1) is 11.4. The molecule has 1 aliphatic rings. The molecule has 2 rings (SSSR count). The van der Waals surface area contributed by atoms with Crippen LogP contribution < -0.4 is 0 Å². The predicted octanol–water partition coefficient (Wildman–Crippen LogP) is 3.29. The molecule has 1 aromatic rings. The zero-order chi connectivity index (χ0) is 11.8. The maximum absolute atomic E-state index is 10.8. The molecule has 0 aliphatic heterocycles. The second-order valence-electron chi connectivity index (χ2n) is 5.87. The van der Waals surface area contributed by atoms with Gasteiger partial charge in [-0.05, 0) is 41.4 Å². The highest BCUT2D eigenvalue weighted by Gasteiger charge is 2.20. The van der Waals surface area contributed by atoms with Crippen molar-refractivity contribution in [3.63, 3.8) is 0 Å². The van der Waals surface area contributed by atoms with E-state index in [0.717, 1.165) is 25.5 Å². The monoisotopic (exact) mass is 216 g/mol. The van der Waals surface area contributed by atoms with Crippen molar-refractivity contribution in [1.82, 2.24) is 0 Å². The minimum atomic E-state index is 0.219. The normalized spacial score (nSPS) is 20.3. The Balaban J connectivity index is 2.31. The lowest BCUT2D eigenvalue weighted by Crippen LogP contribution is -2.17. The minimum absolute atomic E-state index is 0.219. The Labute approximate surface area is 97.9 Å². The molecule has 0 saturated heterocycles. The first-order valence-corrected chi connectivity index (χ1v) is 6.08. The van der Waals surface area contributed by atoms with Gasteiger partial charge in [0.1, 0.15) is 6.29 Å². The van der Waals surface area contributed by atoms with Gasteiger partial charge in [0.15, 0.2) is 0 Å². The molecule has 1 atom stereocenters. The zero-order valence-electron chi connectivity index (χ0n) is 10.4. The Morgan fingerprint density at radius 1 is 1.25 bits per heavy atom. The number of aryl methyl sites for hydroxylation is 1. The van der Waals surface area contributed by atoms with Crippen LogP contribution in [0.1, 0.15) is 43.9 Å². The molecule has 1 heteroatoms. The number of benzene rings is 1.